The minimum atomic E-state index is -4.79. The van der Waals surface area contributed by atoms with Crippen LogP contribution in [-0.4, -0.2) is 23.6 Å². The number of allylic oxidation sites excluding steroid dienone is 2. The average Bonchev–Trinajstić information content (AvgIpc) is 2.44. The van der Waals surface area contributed by atoms with Crippen molar-refractivity contribution in [2.24, 2.45) is 15.9 Å². The van der Waals surface area contributed by atoms with Gasteiger partial charge in [-0.3, -0.25) is 0 Å². The number of benzene rings is 1. The maximum absolute atomic E-state index is 12.9. The van der Waals surface area contributed by atoms with Crippen LogP contribution in [0.2, 0.25) is 0 Å². The summed E-state index contributed by atoms with van der Waals surface area (Å²) in [5.41, 5.74) is 3.40. The number of hydrogen-bond donors (Lipinski definition) is 3. The summed E-state index contributed by atoms with van der Waals surface area (Å²) in [5.74, 6) is -0.162. The molecular formula is C15H13F6N5. The van der Waals surface area contributed by atoms with Crippen molar-refractivity contribution in [3.63, 3.8) is 0 Å². The first-order chi connectivity index (χ1) is 11.9. The second-order valence-corrected chi connectivity index (χ2v) is 5.46. The monoisotopic (exact) mass is 377 g/mol. The lowest BCUT2D eigenvalue weighted by molar-refractivity contribution is -0.138. The Bertz CT molecular complexity index is 817. The summed E-state index contributed by atoms with van der Waals surface area (Å²) in [5, 5.41) is 17.2. The highest BCUT2D eigenvalue weighted by Crippen LogP contribution is 2.33. The maximum Gasteiger partial charge on any atom is 0.416 e. The van der Waals surface area contributed by atoms with E-state index in [0.717, 1.165) is 6.07 Å². The molecule has 26 heavy (non-hydrogen) atoms. The van der Waals surface area contributed by atoms with E-state index in [9.17, 15) is 26.3 Å². The quantitative estimate of drug-likeness (QED) is 0.557. The zero-order valence-corrected chi connectivity index (χ0v) is 13.3. The van der Waals surface area contributed by atoms with Crippen LogP contribution in [0.3, 0.4) is 0 Å². The van der Waals surface area contributed by atoms with Crippen LogP contribution in [-0.2, 0) is 12.6 Å². The third-order valence-electron chi connectivity index (χ3n) is 3.22. The minimum absolute atomic E-state index is 0.0270. The molecule has 4 N–H and O–H groups in total. The Labute approximate surface area is 143 Å². The molecule has 2 rings (SSSR count). The van der Waals surface area contributed by atoms with Crippen LogP contribution in [0.25, 0.3) is 0 Å². The third-order valence-corrected chi connectivity index (χ3v) is 3.22. The molecule has 0 amide bonds. The van der Waals surface area contributed by atoms with Crippen LogP contribution in [0.15, 0.2) is 40.2 Å². The van der Waals surface area contributed by atoms with E-state index < -0.39 is 29.9 Å². The Morgan fingerprint density at radius 2 is 1.85 bits per heavy atom. The lowest BCUT2D eigenvalue weighted by Gasteiger charge is -2.20. The number of nitrogens with one attached hydrogen (secondary N) is 2. The molecule has 0 atom stereocenters. The van der Waals surface area contributed by atoms with Gasteiger partial charge in [-0.05, 0) is 30.7 Å². The predicted octanol–water partition coefficient (Wildman–Crippen LogP) is 3.36. The summed E-state index contributed by atoms with van der Waals surface area (Å²) in [6.45, 7) is 1.40. The van der Waals surface area contributed by atoms with Crippen LogP contribution in [0, 0.1) is 5.41 Å². The molecule has 0 bridgehead atoms. The fourth-order valence-corrected chi connectivity index (χ4v) is 2.26. The van der Waals surface area contributed by atoms with Crippen molar-refractivity contribution < 1.29 is 26.3 Å². The highest BCUT2D eigenvalue weighted by Gasteiger charge is 2.35. The summed E-state index contributed by atoms with van der Waals surface area (Å²) < 4.78 is 77.2. The highest BCUT2D eigenvalue weighted by atomic mass is 19.4. The molecule has 0 unspecified atom stereocenters. The molecule has 0 saturated carbocycles. The topological polar surface area (TPSA) is 86.6 Å². The Morgan fingerprint density at radius 1 is 1.19 bits per heavy atom. The summed E-state index contributed by atoms with van der Waals surface area (Å²) in [6, 6.07) is 1.99. The number of alkyl halides is 6. The first kappa shape index (κ1) is 19.5. The molecule has 1 heterocycles. The van der Waals surface area contributed by atoms with Gasteiger partial charge in [-0.15, -0.1) is 10.2 Å². The molecule has 0 spiro atoms. The van der Waals surface area contributed by atoms with Gasteiger partial charge in [0.2, 0.25) is 5.96 Å². The van der Waals surface area contributed by atoms with Gasteiger partial charge in [0.1, 0.15) is 5.71 Å². The van der Waals surface area contributed by atoms with E-state index in [1.54, 1.807) is 0 Å². The molecule has 1 aliphatic rings. The number of guanidine groups is 1. The van der Waals surface area contributed by atoms with Crippen LogP contribution in [0.1, 0.15) is 23.6 Å². The normalized spacial score (nSPS) is 16.8. The van der Waals surface area contributed by atoms with Gasteiger partial charge in [0.25, 0.3) is 0 Å². The van der Waals surface area contributed by atoms with E-state index in [2.05, 4.69) is 15.5 Å². The second-order valence-electron chi connectivity index (χ2n) is 5.46. The van der Waals surface area contributed by atoms with Crippen molar-refractivity contribution in [3.05, 3.63) is 46.7 Å². The number of rotatable bonds is 3. The van der Waals surface area contributed by atoms with Crippen LogP contribution in [0.5, 0.6) is 0 Å². The first-order valence-electron chi connectivity index (χ1n) is 7.09. The zero-order chi connectivity index (χ0) is 19.7. The molecule has 11 heteroatoms. The Balaban J connectivity index is 2.65. The lowest BCUT2D eigenvalue weighted by atomic mass is 9.95. The Kier molecular flexibility index (Phi) is 5.10. The zero-order valence-electron chi connectivity index (χ0n) is 13.3. The van der Waals surface area contributed by atoms with Crippen LogP contribution in [0.4, 0.5) is 26.3 Å². The molecule has 140 valence electrons. The molecule has 0 saturated heterocycles. The number of nitrogens with two attached hydrogens (primary N) is 1. The minimum Gasteiger partial charge on any atom is -0.368 e. The molecule has 0 aliphatic carbocycles. The van der Waals surface area contributed by atoms with E-state index in [0.29, 0.717) is 12.1 Å². The Morgan fingerprint density at radius 3 is 2.38 bits per heavy atom. The van der Waals surface area contributed by atoms with Crippen molar-refractivity contribution in [3.8, 4) is 0 Å². The molecule has 1 aromatic rings. The smallest absolute Gasteiger partial charge is 0.368 e. The molecule has 1 aromatic carbocycles. The van der Waals surface area contributed by atoms with E-state index in [1.165, 1.54) is 13.0 Å². The van der Waals surface area contributed by atoms with E-state index >= 15 is 0 Å². The van der Waals surface area contributed by atoms with E-state index in [-0.39, 0.29) is 28.6 Å². The van der Waals surface area contributed by atoms with Gasteiger partial charge in [-0.25, -0.2) is 0 Å². The van der Waals surface area contributed by atoms with Crippen molar-refractivity contribution in [2.45, 2.75) is 25.7 Å². The van der Waals surface area contributed by atoms with E-state index in [1.807, 2.05) is 0 Å². The van der Waals surface area contributed by atoms with Gasteiger partial charge in [-0.1, -0.05) is 6.07 Å². The molecule has 1 aliphatic heterocycles. The van der Waals surface area contributed by atoms with E-state index in [4.69, 9.17) is 11.1 Å². The standard InChI is InChI=1S/C15H13F6N5/c1-7(22)4-11-12(25-26-13(23)24-11)10-3-2-9(15(19,20)21)5-8(10)6-14(16,17)18/h2-5,22H,6H2,1H3,(H3,23,24,26)/b11-4-,22-7?. The number of hydrogen-bond acceptors (Lipinski definition) is 5. The summed E-state index contributed by atoms with van der Waals surface area (Å²) in [6.07, 6.45) is -9.87. The van der Waals surface area contributed by atoms with Crippen LogP contribution < -0.4 is 11.1 Å². The maximum atomic E-state index is 12.9. The van der Waals surface area contributed by atoms with Gasteiger partial charge in [0.15, 0.2) is 0 Å². The van der Waals surface area contributed by atoms with Crippen LogP contribution >= 0.6 is 0 Å². The number of halogens is 6. The first-order valence-corrected chi connectivity index (χ1v) is 7.09. The fourth-order valence-electron chi connectivity index (χ4n) is 2.26. The SMILES string of the molecule is CC(=N)/C=C1\NC(N)=NN=C1c1ccc(C(F)(F)F)cc1CC(F)(F)F. The van der Waals surface area contributed by atoms with Gasteiger partial charge in [-0.2, -0.15) is 26.3 Å². The third kappa shape index (κ3) is 4.83. The fraction of sp³-hybridized carbons (Fsp3) is 0.267. The molecular weight excluding hydrogens is 364 g/mol. The molecule has 5 nitrogen and oxygen atoms in total. The Hall–Kier alpha value is -2.85. The van der Waals surface area contributed by atoms with Gasteiger partial charge in [0, 0.05) is 11.3 Å². The number of nitrogens with zero attached hydrogens (tertiary/aromatic N) is 2. The van der Waals surface area contributed by atoms with Gasteiger partial charge < -0.3 is 16.5 Å². The molecule has 0 radical (unpaired) electrons. The highest BCUT2D eigenvalue weighted by molar-refractivity contribution is 6.18. The van der Waals surface area contributed by atoms with Crippen molar-refractivity contribution >= 4 is 17.4 Å². The molecule has 0 aromatic heterocycles. The largest absolute Gasteiger partial charge is 0.416 e. The van der Waals surface area contributed by atoms with Crippen molar-refractivity contribution in [1.29, 1.82) is 5.41 Å². The average molecular weight is 377 g/mol. The summed E-state index contributed by atoms with van der Waals surface area (Å²) >= 11 is 0. The predicted molar refractivity (Wildman–Crippen MR) is 84.0 cm³/mol. The van der Waals surface area contributed by atoms with Gasteiger partial charge in [0.05, 0.1) is 17.7 Å². The van der Waals surface area contributed by atoms with Crippen molar-refractivity contribution in [2.75, 3.05) is 0 Å². The summed E-state index contributed by atoms with van der Waals surface area (Å²) in [4.78, 5) is 0. The van der Waals surface area contributed by atoms with Gasteiger partial charge >= 0.3 is 12.4 Å². The van der Waals surface area contributed by atoms with Crippen molar-refractivity contribution in [1.82, 2.24) is 5.32 Å². The molecule has 0 fully saturated rings. The lowest BCUT2D eigenvalue weighted by Crippen LogP contribution is -2.37. The summed E-state index contributed by atoms with van der Waals surface area (Å²) in [7, 11) is 0. The second kappa shape index (κ2) is 6.81.